The Morgan fingerprint density at radius 1 is 1.00 bits per heavy atom. The minimum atomic E-state index is -5.62. The molecule has 0 bridgehead atoms. The Balaban J connectivity index is 3.22. The first-order valence-corrected chi connectivity index (χ1v) is 5.60. The van der Waals surface area contributed by atoms with E-state index in [0.717, 1.165) is 13.2 Å². The van der Waals surface area contributed by atoms with E-state index < -0.39 is 35.6 Å². The van der Waals surface area contributed by atoms with Crippen molar-refractivity contribution in [1.29, 1.82) is 0 Å². The molecule has 0 atom stereocenters. The number of hydrogen-bond donors (Lipinski definition) is 0. The zero-order valence-electron chi connectivity index (χ0n) is 11.0. The quantitative estimate of drug-likeness (QED) is 0.801. The third-order valence-electron chi connectivity index (χ3n) is 2.50. The summed E-state index contributed by atoms with van der Waals surface area (Å²) in [5.41, 5.74) is -0.180. The minimum absolute atomic E-state index is 0.0579. The lowest BCUT2D eigenvalue weighted by molar-refractivity contribution is -0.204. The van der Waals surface area contributed by atoms with Gasteiger partial charge in [-0.05, 0) is 6.07 Å². The van der Waals surface area contributed by atoms with Crippen molar-refractivity contribution in [3.05, 3.63) is 29.8 Å². The summed E-state index contributed by atoms with van der Waals surface area (Å²) in [6, 6.07) is 5.14. The third-order valence-corrected chi connectivity index (χ3v) is 2.50. The zero-order chi connectivity index (χ0) is 17.1. The maximum absolute atomic E-state index is 12.4. The van der Waals surface area contributed by atoms with Gasteiger partial charge in [-0.15, -0.1) is 0 Å². The number of hydrogen-bond acceptors (Lipinski definition) is 3. The molecule has 0 aliphatic heterocycles. The number of methoxy groups -OCH3 is 1. The second-order valence-electron chi connectivity index (χ2n) is 4.00. The summed E-state index contributed by atoms with van der Waals surface area (Å²) in [4.78, 5) is 21.3. The molecule has 1 aromatic rings. The van der Waals surface area contributed by atoms with E-state index in [1.165, 1.54) is 18.2 Å². The van der Waals surface area contributed by atoms with Crippen molar-refractivity contribution >= 4 is 11.8 Å². The van der Waals surface area contributed by atoms with Gasteiger partial charge in [0.25, 0.3) is 0 Å². The fourth-order valence-electron chi connectivity index (χ4n) is 1.55. The molecule has 0 spiro atoms. The molecule has 0 aliphatic carbocycles. The Kier molecular flexibility index (Phi) is 5.05. The molecule has 4 nitrogen and oxygen atoms in total. The number of nitrogens with zero attached hydrogens (tertiary/aromatic N) is 1. The minimum Gasteiger partial charge on any atom is -0.496 e. The molecule has 0 aromatic heterocycles. The van der Waals surface area contributed by atoms with Crippen molar-refractivity contribution in [3.63, 3.8) is 0 Å². The van der Waals surface area contributed by atoms with E-state index in [9.17, 15) is 35.9 Å². The molecule has 0 aliphatic rings. The van der Waals surface area contributed by atoms with Gasteiger partial charge in [-0.25, -0.2) is 0 Å². The molecule has 1 aromatic carbocycles. The van der Waals surface area contributed by atoms with Crippen LogP contribution in [0.4, 0.5) is 26.3 Å². The number of ether oxygens (including phenoxy) is 1. The topological polar surface area (TPSA) is 46.6 Å². The van der Waals surface area contributed by atoms with E-state index in [0.29, 0.717) is 0 Å². The van der Waals surface area contributed by atoms with E-state index in [4.69, 9.17) is 4.74 Å². The van der Waals surface area contributed by atoms with Crippen LogP contribution in [0, 0.1) is 0 Å². The van der Waals surface area contributed by atoms with Crippen molar-refractivity contribution in [3.8, 4) is 5.75 Å². The summed E-state index contributed by atoms with van der Waals surface area (Å²) in [7, 11) is 1.14. The highest BCUT2D eigenvalue weighted by Gasteiger charge is 2.52. The van der Waals surface area contributed by atoms with Crippen LogP contribution in [0.2, 0.25) is 0 Å². The average molecular weight is 329 g/mol. The summed E-state index contributed by atoms with van der Waals surface area (Å²) in [5, 5.41) is 0. The van der Waals surface area contributed by atoms with Gasteiger partial charge in [0, 0.05) is 5.56 Å². The van der Waals surface area contributed by atoms with Crippen molar-refractivity contribution in [2.24, 2.45) is 0 Å². The van der Waals surface area contributed by atoms with Gasteiger partial charge in [-0.3, -0.25) is 14.5 Å². The normalized spacial score (nSPS) is 12.0. The van der Waals surface area contributed by atoms with E-state index in [-0.39, 0.29) is 11.3 Å². The van der Waals surface area contributed by atoms with Gasteiger partial charge in [-0.1, -0.05) is 18.2 Å². The zero-order valence-corrected chi connectivity index (χ0v) is 11.0. The molecule has 1 rings (SSSR count). The number of para-hydroxylation sites is 1. The molecule has 0 heterocycles. The van der Waals surface area contributed by atoms with Crippen LogP contribution in [0.5, 0.6) is 5.75 Å². The van der Waals surface area contributed by atoms with Gasteiger partial charge >= 0.3 is 24.2 Å². The second kappa shape index (κ2) is 6.24. The van der Waals surface area contributed by atoms with Gasteiger partial charge in [0.1, 0.15) is 5.75 Å². The van der Waals surface area contributed by atoms with Crippen LogP contribution in [0.1, 0.15) is 5.56 Å². The summed E-state index contributed by atoms with van der Waals surface area (Å²) in [6.45, 7) is -1.22. The standard InChI is InChI=1S/C12H9F6NO3/c1-22-8-5-3-2-4-7(8)6-19(9(20)11(13,14)15)10(21)12(16,17)18/h2-5H,6H2,1H3. The van der Waals surface area contributed by atoms with Crippen LogP contribution in [0.15, 0.2) is 24.3 Å². The van der Waals surface area contributed by atoms with E-state index >= 15 is 0 Å². The molecule has 0 N–H and O–H groups in total. The summed E-state index contributed by atoms with van der Waals surface area (Å²) in [6.07, 6.45) is -11.2. The molecule has 2 amide bonds. The fraction of sp³-hybridized carbons (Fsp3) is 0.333. The lowest BCUT2D eigenvalue weighted by Crippen LogP contribution is -2.49. The third kappa shape index (κ3) is 4.12. The maximum atomic E-state index is 12.4. The average Bonchev–Trinajstić information content (AvgIpc) is 2.41. The molecule has 0 radical (unpaired) electrons. The maximum Gasteiger partial charge on any atom is 0.471 e. The smallest absolute Gasteiger partial charge is 0.471 e. The van der Waals surface area contributed by atoms with E-state index in [2.05, 4.69) is 0 Å². The highest BCUT2D eigenvalue weighted by molar-refractivity contribution is 6.00. The molecule has 122 valence electrons. The molecule has 0 saturated carbocycles. The van der Waals surface area contributed by atoms with Gasteiger partial charge in [0.05, 0.1) is 13.7 Å². The first-order chi connectivity index (χ1) is 9.98. The molecular weight excluding hydrogens is 320 g/mol. The van der Waals surface area contributed by atoms with Gasteiger partial charge < -0.3 is 4.74 Å². The number of halogens is 6. The van der Waals surface area contributed by atoms with Gasteiger partial charge in [0.2, 0.25) is 0 Å². The monoisotopic (exact) mass is 329 g/mol. The van der Waals surface area contributed by atoms with Crippen LogP contribution in [-0.2, 0) is 16.1 Å². The summed E-state index contributed by atoms with van der Waals surface area (Å²) < 4.78 is 79.1. The number of carbonyl (C=O) groups is 2. The Labute approximate surface area is 120 Å². The van der Waals surface area contributed by atoms with E-state index in [1.807, 2.05) is 0 Å². The fourth-order valence-corrected chi connectivity index (χ4v) is 1.55. The number of carbonyl (C=O) groups excluding carboxylic acids is 2. The van der Waals surface area contributed by atoms with Crippen LogP contribution in [-0.4, -0.2) is 36.2 Å². The molecule has 22 heavy (non-hydrogen) atoms. The molecular formula is C12H9F6NO3. The van der Waals surface area contributed by atoms with Gasteiger partial charge in [0.15, 0.2) is 0 Å². The van der Waals surface area contributed by atoms with Crippen LogP contribution in [0.25, 0.3) is 0 Å². The lowest BCUT2D eigenvalue weighted by atomic mass is 10.2. The number of imide groups is 1. The Morgan fingerprint density at radius 2 is 1.45 bits per heavy atom. The Bertz CT molecular complexity index is 541. The SMILES string of the molecule is COc1ccccc1CN(C(=O)C(F)(F)F)C(=O)C(F)(F)F. The van der Waals surface area contributed by atoms with E-state index in [1.54, 1.807) is 0 Å². The van der Waals surface area contributed by atoms with Crippen LogP contribution in [0.3, 0.4) is 0 Å². The van der Waals surface area contributed by atoms with Crippen molar-refractivity contribution in [2.45, 2.75) is 18.9 Å². The summed E-state index contributed by atoms with van der Waals surface area (Å²) >= 11 is 0. The Morgan fingerprint density at radius 3 is 1.86 bits per heavy atom. The molecule has 10 heteroatoms. The summed E-state index contributed by atoms with van der Waals surface area (Å²) in [5.74, 6) is -5.86. The number of amides is 2. The predicted octanol–water partition coefficient (Wildman–Crippen LogP) is 2.68. The Hall–Kier alpha value is -2.26. The van der Waals surface area contributed by atoms with Crippen LogP contribution >= 0.6 is 0 Å². The first-order valence-electron chi connectivity index (χ1n) is 5.60. The number of alkyl halides is 6. The van der Waals surface area contributed by atoms with Crippen molar-refractivity contribution in [2.75, 3.05) is 7.11 Å². The molecule has 0 saturated heterocycles. The second-order valence-corrected chi connectivity index (χ2v) is 4.00. The largest absolute Gasteiger partial charge is 0.496 e. The van der Waals surface area contributed by atoms with Crippen LogP contribution < -0.4 is 4.74 Å². The highest BCUT2D eigenvalue weighted by Crippen LogP contribution is 2.28. The number of rotatable bonds is 3. The van der Waals surface area contributed by atoms with Crippen molar-refractivity contribution in [1.82, 2.24) is 4.90 Å². The lowest BCUT2D eigenvalue weighted by Gasteiger charge is -2.23. The highest BCUT2D eigenvalue weighted by atomic mass is 19.4. The molecule has 0 fully saturated rings. The molecule has 0 unspecified atom stereocenters. The first kappa shape index (κ1) is 17.8. The van der Waals surface area contributed by atoms with Crippen molar-refractivity contribution < 1.29 is 40.7 Å². The number of benzene rings is 1. The predicted molar refractivity (Wildman–Crippen MR) is 60.7 cm³/mol. The van der Waals surface area contributed by atoms with Gasteiger partial charge in [-0.2, -0.15) is 26.3 Å².